The predicted molar refractivity (Wildman–Crippen MR) is 95.3 cm³/mol. The molecule has 0 spiro atoms. The molecule has 7 heteroatoms. The molecule has 3 rings (SSSR count). The first kappa shape index (κ1) is 18.0. The van der Waals surface area contributed by atoms with Crippen molar-refractivity contribution in [2.75, 3.05) is 0 Å². The van der Waals surface area contributed by atoms with Crippen molar-refractivity contribution in [1.29, 1.82) is 0 Å². The lowest BCUT2D eigenvalue weighted by atomic mass is 10.0. The Morgan fingerprint density at radius 1 is 1.04 bits per heavy atom. The predicted octanol–water partition coefficient (Wildman–Crippen LogP) is 1.81. The fraction of sp³-hybridized carbons (Fsp3) is 0.263. The number of hydrogen-bond acceptors (Lipinski definition) is 4. The van der Waals surface area contributed by atoms with Gasteiger partial charge in [-0.05, 0) is 49.6 Å². The SMILES string of the molecule is Cc1ccc(C(=O)NNC(=O)C2CC(c3ccc(F)cc3)NN2)c(C)c1. The van der Waals surface area contributed by atoms with Crippen molar-refractivity contribution in [2.24, 2.45) is 0 Å². The Bertz CT molecular complexity index is 823. The number of benzene rings is 2. The number of carbonyl (C=O) groups is 2. The first-order chi connectivity index (χ1) is 12.4. The maximum atomic E-state index is 13.0. The number of hydrazine groups is 2. The van der Waals surface area contributed by atoms with Crippen LogP contribution in [0.1, 0.15) is 39.5 Å². The fourth-order valence-electron chi connectivity index (χ4n) is 2.98. The minimum Gasteiger partial charge on any atom is -0.271 e. The van der Waals surface area contributed by atoms with Crippen LogP contribution in [0, 0.1) is 19.7 Å². The van der Waals surface area contributed by atoms with Crippen molar-refractivity contribution in [1.82, 2.24) is 21.7 Å². The second kappa shape index (κ2) is 7.63. The van der Waals surface area contributed by atoms with Crippen LogP contribution >= 0.6 is 0 Å². The third kappa shape index (κ3) is 4.07. The topological polar surface area (TPSA) is 82.3 Å². The molecule has 2 unspecified atom stereocenters. The van der Waals surface area contributed by atoms with Crippen molar-refractivity contribution in [3.63, 3.8) is 0 Å². The quantitative estimate of drug-likeness (QED) is 0.632. The maximum absolute atomic E-state index is 13.0. The molecule has 2 amide bonds. The van der Waals surface area contributed by atoms with Gasteiger partial charge in [0.15, 0.2) is 0 Å². The molecule has 0 aliphatic carbocycles. The van der Waals surface area contributed by atoms with E-state index in [-0.39, 0.29) is 23.7 Å². The minimum atomic E-state index is -0.510. The first-order valence-electron chi connectivity index (χ1n) is 8.38. The van der Waals surface area contributed by atoms with Crippen LogP contribution in [0.5, 0.6) is 0 Å². The summed E-state index contributed by atoms with van der Waals surface area (Å²) in [6.45, 7) is 3.80. The molecular weight excluding hydrogens is 335 g/mol. The highest BCUT2D eigenvalue weighted by Crippen LogP contribution is 2.22. The minimum absolute atomic E-state index is 0.110. The number of carbonyl (C=O) groups excluding carboxylic acids is 2. The van der Waals surface area contributed by atoms with Gasteiger partial charge in [0.25, 0.3) is 11.8 Å². The second-order valence-corrected chi connectivity index (χ2v) is 6.44. The van der Waals surface area contributed by atoms with Crippen LogP contribution in [0.3, 0.4) is 0 Å². The Hall–Kier alpha value is -2.77. The third-order valence-corrected chi connectivity index (χ3v) is 4.42. The van der Waals surface area contributed by atoms with Gasteiger partial charge in [0.1, 0.15) is 11.9 Å². The zero-order valence-corrected chi connectivity index (χ0v) is 14.6. The van der Waals surface area contributed by atoms with E-state index in [1.807, 2.05) is 26.0 Å². The Labute approximate surface area is 151 Å². The molecule has 1 aliphatic rings. The molecule has 1 heterocycles. The van der Waals surface area contributed by atoms with E-state index in [2.05, 4.69) is 21.7 Å². The Kier molecular flexibility index (Phi) is 5.29. The number of halogens is 1. The van der Waals surface area contributed by atoms with Crippen LogP contribution in [0.4, 0.5) is 4.39 Å². The van der Waals surface area contributed by atoms with Crippen molar-refractivity contribution < 1.29 is 14.0 Å². The van der Waals surface area contributed by atoms with Gasteiger partial charge in [-0.3, -0.25) is 20.4 Å². The summed E-state index contributed by atoms with van der Waals surface area (Å²) in [6, 6.07) is 11.0. The second-order valence-electron chi connectivity index (χ2n) is 6.44. The van der Waals surface area contributed by atoms with Crippen molar-refractivity contribution in [3.05, 3.63) is 70.5 Å². The monoisotopic (exact) mass is 356 g/mol. The molecular formula is C19H21FN4O2. The number of rotatable bonds is 3. The van der Waals surface area contributed by atoms with Gasteiger partial charge in [0, 0.05) is 11.6 Å². The maximum Gasteiger partial charge on any atom is 0.269 e. The van der Waals surface area contributed by atoms with Gasteiger partial charge < -0.3 is 0 Å². The van der Waals surface area contributed by atoms with E-state index < -0.39 is 6.04 Å². The number of hydrogen-bond donors (Lipinski definition) is 4. The molecule has 2 aromatic rings. The highest BCUT2D eigenvalue weighted by Gasteiger charge is 2.30. The van der Waals surface area contributed by atoms with Crippen molar-refractivity contribution in [3.8, 4) is 0 Å². The van der Waals surface area contributed by atoms with E-state index in [9.17, 15) is 14.0 Å². The lowest BCUT2D eigenvalue weighted by Crippen LogP contribution is -2.50. The van der Waals surface area contributed by atoms with E-state index in [4.69, 9.17) is 0 Å². The lowest BCUT2D eigenvalue weighted by Gasteiger charge is -2.13. The molecule has 2 aromatic carbocycles. The van der Waals surface area contributed by atoms with Crippen LogP contribution < -0.4 is 21.7 Å². The summed E-state index contributed by atoms with van der Waals surface area (Å²) in [5, 5.41) is 0. The molecule has 26 heavy (non-hydrogen) atoms. The van der Waals surface area contributed by atoms with Crippen LogP contribution in [-0.4, -0.2) is 17.9 Å². The summed E-state index contributed by atoms with van der Waals surface area (Å²) in [5.74, 6) is -1.01. The average Bonchev–Trinajstić information content (AvgIpc) is 3.10. The number of aryl methyl sites for hydroxylation is 2. The molecule has 0 bridgehead atoms. The third-order valence-electron chi connectivity index (χ3n) is 4.42. The van der Waals surface area contributed by atoms with Crippen LogP contribution in [0.25, 0.3) is 0 Å². The van der Waals surface area contributed by atoms with Crippen molar-refractivity contribution >= 4 is 11.8 Å². The van der Waals surface area contributed by atoms with Crippen LogP contribution in [-0.2, 0) is 4.79 Å². The highest BCUT2D eigenvalue weighted by atomic mass is 19.1. The molecule has 0 aromatic heterocycles. The number of amides is 2. The van der Waals surface area contributed by atoms with Gasteiger partial charge in [-0.2, -0.15) is 0 Å². The summed E-state index contributed by atoms with van der Waals surface area (Å²) >= 11 is 0. The summed E-state index contributed by atoms with van der Waals surface area (Å²) in [7, 11) is 0. The van der Waals surface area contributed by atoms with E-state index in [0.717, 1.165) is 16.7 Å². The summed E-state index contributed by atoms with van der Waals surface area (Å²) in [5.41, 5.74) is 14.1. The molecule has 2 atom stereocenters. The molecule has 1 aliphatic heterocycles. The molecule has 1 fully saturated rings. The van der Waals surface area contributed by atoms with Gasteiger partial charge in [-0.1, -0.05) is 29.8 Å². The number of nitrogens with one attached hydrogen (secondary N) is 4. The zero-order chi connectivity index (χ0) is 18.7. The highest BCUT2D eigenvalue weighted by molar-refractivity contribution is 5.97. The van der Waals surface area contributed by atoms with Crippen LogP contribution in [0.15, 0.2) is 42.5 Å². The smallest absolute Gasteiger partial charge is 0.269 e. The Balaban J connectivity index is 1.54. The lowest BCUT2D eigenvalue weighted by molar-refractivity contribution is -0.123. The van der Waals surface area contributed by atoms with E-state index in [1.54, 1.807) is 18.2 Å². The Morgan fingerprint density at radius 3 is 2.46 bits per heavy atom. The summed E-state index contributed by atoms with van der Waals surface area (Å²) in [6.07, 6.45) is 0.483. The zero-order valence-electron chi connectivity index (χ0n) is 14.6. The Morgan fingerprint density at radius 2 is 1.77 bits per heavy atom. The summed E-state index contributed by atoms with van der Waals surface area (Å²) < 4.78 is 13.0. The van der Waals surface area contributed by atoms with Crippen molar-refractivity contribution in [2.45, 2.75) is 32.4 Å². The first-order valence-corrected chi connectivity index (χ1v) is 8.38. The van der Waals surface area contributed by atoms with E-state index in [0.29, 0.717) is 12.0 Å². The van der Waals surface area contributed by atoms with E-state index in [1.165, 1.54) is 12.1 Å². The molecule has 0 radical (unpaired) electrons. The molecule has 1 saturated heterocycles. The summed E-state index contributed by atoms with van der Waals surface area (Å²) in [4.78, 5) is 24.5. The molecule has 136 valence electrons. The molecule has 6 nitrogen and oxygen atoms in total. The molecule has 0 saturated carbocycles. The van der Waals surface area contributed by atoms with Gasteiger partial charge >= 0.3 is 0 Å². The standard InChI is InChI=1S/C19H21FN4O2/c1-11-3-8-15(12(2)9-11)18(25)23-24-19(26)17-10-16(21-22-17)13-4-6-14(20)7-5-13/h3-9,16-17,21-22H,10H2,1-2H3,(H,23,25)(H,24,26). The fourth-order valence-corrected chi connectivity index (χ4v) is 2.98. The van der Waals surface area contributed by atoms with Gasteiger partial charge in [0.2, 0.25) is 0 Å². The van der Waals surface area contributed by atoms with Gasteiger partial charge in [0.05, 0.1) is 0 Å². The largest absolute Gasteiger partial charge is 0.271 e. The van der Waals surface area contributed by atoms with E-state index >= 15 is 0 Å². The average molecular weight is 356 g/mol. The molecule has 4 N–H and O–H groups in total. The van der Waals surface area contributed by atoms with Gasteiger partial charge in [-0.25, -0.2) is 15.2 Å². The van der Waals surface area contributed by atoms with Crippen LogP contribution in [0.2, 0.25) is 0 Å². The normalized spacial score (nSPS) is 19.2. The van der Waals surface area contributed by atoms with Gasteiger partial charge in [-0.15, -0.1) is 0 Å².